The van der Waals surface area contributed by atoms with Gasteiger partial charge < -0.3 is 19.5 Å². The summed E-state index contributed by atoms with van der Waals surface area (Å²) in [6.45, 7) is 0.182. The van der Waals surface area contributed by atoms with Crippen LogP contribution < -0.4 is 24.2 Å². The van der Waals surface area contributed by atoms with Crippen LogP contribution in [0.2, 0.25) is 5.02 Å². The van der Waals surface area contributed by atoms with E-state index in [0.29, 0.717) is 28.0 Å². The highest BCUT2D eigenvalue weighted by Crippen LogP contribution is 2.38. The molecule has 1 heterocycles. The second kappa shape index (κ2) is 8.97. The van der Waals surface area contributed by atoms with Crippen molar-refractivity contribution in [2.75, 3.05) is 19.5 Å². The SMILES string of the molecule is COc1cc(CN=C2Nc3c(Oc4ccccc4Cl)cccc3S(=O)(=O)N2)cc(OC)c1. The molecule has 0 amide bonds. The predicted octanol–water partition coefficient (Wildman–Crippen LogP) is 4.41. The minimum atomic E-state index is -3.85. The highest BCUT2D eigenvalue weighted by molar-refractivity contribution is 7.90. The molecule has 1 aliphatic rings. The van der Waals surface area contributed by atoms with Crippen molar-refractivity contribution in [1.82, 2.24) is 4.72 Å². The Balaban J connectivity index is 1.66. The standard InChI is InChI=1S/C22H20ClN3O5S/c1-29-15-10-14(11-16(12-15)30-2)13-24-22-25-21-19(31-18-7-4-3-6-17(18)23)8-5-9-20(21)32(27,28)26-22/h3-12H,13H2,1-2H3,(H2,24,25,26). The third-order valence-electron chi connectivity index (χ3n) is 4.64. The van der Waals surface area contributed by atoms with Crippen LogP contribution in [0.15, 0.2) is 70.6 Å². The molecule has 0 aromatic heterocycles. The average Bonchev–Trinajstić information content (AvgIpc) is 2.79. The fourth-order valence-electron chi connectivity index (χ4n) is 3.12. The van der Waals surface area contributed by atoms with Crippen molar-refractivity contribution in [1.29, 1.82) is 0 Å². The van der Waals surface area contributed by atoms with E-state index >= 15 is 0 Å². The van der Waals surface area contributed by atoms with Gasteiger partial charge in [-0.05, 0) is 42.0 Å². The van der Waals surface area contributed by atoms with Crippen molar-refractivity contribution in [3.05, 3.63) is 71.2 Å². The molecular weight excluding hydrogens is 454 g/mol. The molecule has 10 heteroatoms. The Bertz CT molecular complexity index is 1270. The number of methoxy groups -OCH3 is 2. The molecule has 0 atom stereocenters. The number of guanidine groups is 1. The molecule has 0 spiro atoms. The zero-order valence-electron chi connectivity index (χ0n) is 17.3. The Hall–Kier alpha value is -3.43. The Morgan fingerprint density at radius 3 is 2.31 bits per heavy atom. The summed E-state index contributed by atoms with van der Waals surface area (Å²) in [6.07, 6.45) is 0. The lowest BCUT2D eigenvalue weighted by Gasteiger charge is -2.23. The van der Waals surface area contributed by atoms with Crippen LogP contribution in [0.3, 0.4) is 0 Å². The molecule has 0 saturated heterocycles. The number of halogens is 1. The molecule has 8 nitrogen and oxygen atoms in total. The first-order chi connectivity index (χ1) is 15.4. The molecular formula is C22H20ClN3O5S. The molecule has 0 fully saturated rings. The van der Waals surface area contributed by atoms with E-state index in [1.165, 1.54) is 6.07 Å². The minimum Gasteiger partial charge on any atom is -0.497 e. The second-order valence-corrected chi connectivity index (χ2v) is 8.84. The van der Waals surface area contributed by atoms with Gasteiger partial charge in [-0.3, -0.25) is 0 Å². The first-order valence-electron chi connectivity index (χ1n) is 9.51. The van der Waals surface area contributed by atoms with Gasteiger partial charge in [-0.15, -0.1) is 0 Å². The van der Waals surface area contributed by atoms with Crippen molar-refractivity contribution < 1.29 is 22.6 Å². The summed E-state index contributed by atoms with van der Waals surface area (Å²) in [5.41, 5.74) is 1.05. The maximum Gasteiger partial charge on any atom is 0.266 e. The van der Waals surface area contributed by atoms with Gasteiger partial charge in [-0.1, -0.05) is 29.8 Å². The van der Waals surface area contributed by atoms with Crippen molar-refractivity contribution in [3.8, 4) is 23.0 Å². The third-order valence-corrected chi connectivity index (χ3v) is 6.33. The van der Waals surface area contributed by atoms with Gasteiger partial charge in [0.25, 0.3) is 10.0 Å². The molecule has 32 heavy (non-hydrogen) atoms. The highest BCUT2D eigenvalue weighted by Gasteiger charge is 2.29. The van der Waals surface area contributed by atoms with Crippen LogP contribution in [-0.2, 0) is 16.6 Å². The van der Waals surface area contributed by atoms with Gasteiger partial charge in [-0.25, -0.2) is 18.1 Å². The predicted molar refractivity (Wildman–Crippen MR) is 123 cm³/mol. The number of aliphatic imine (C=N–C) groups is 1. The lowest BCUT2D eigenvalue weighted by Crippen LogP contribution is -2.40. The number of hydrogen-bond acceptors (Lipinski definition) is 6. The first-order valence-corrected chi connectivity index (χ1v) is 11.4. The van der Waals surface area contributed by atoms with Crippen molar-refractivity contribution in [2.24, 2.45) is 4.99 Å². The van der Waals surface area contributed by atoms with Gasteiger partial charge in [0.1, 0.15) is 27.8 Å². The smallest absolute Gasteiger partial charge is 0.266 e. The molecule has 0 unspecified atom stereocenters. The zero-order chi connectivity index (χ0) is 22.7. The number of hydrogen-bond donors (Lipinski definition) is 2. The molecule has 1 aliphatic heterocycles. The van der Waals surface area contributed by atoms with Crippen LogP contribution in [0.5, 0.6) is 23.0 Å². The molecule has 166 valence electrons. The maximum absolute atomic E-state index is 12.8. The summed E-state index contributed by atoms with van der Waals surface area (Å²) in [7, 11) is -0.743. The maximum atomic E-state index is 12.8. The Morgan fingerprint density at radius 1 is 0.938 bits per heavy atom. The molecule has 0 aliphatic carbocycles. The van der Waals surface area contributed by atoms with Crippen LogP contribution in [0.1, 0.15) is 5.56 Å². The van der Waals surface area contributed by atoms with Gasteiger partial charge in [0.2, 0.25) is 5.96 Å². The quantitative estimate of drug-likeness (QED) is 0.550. The lowest BCUT2D eigenvalue weighted by molar-refractivity contribution is 0.393. The highest BCUT2D eigenvalue weighted by atomic mass is 35.5. The summed E-state index contributed by atoms with van der Waals surface area (Å²) in [4.78, 5) is 4.43. The number of benzene rings is 3. The third kappa shape index (κ3) is 4.58. The van der Waals surface area contributed by atoms with E-state index in [0.717, 1.165) is 5.56 Å². The molecule has 0 bridgehead atoms. The van der Waals surface area contributed by atoms with E-state index in [9.17, 15) is 8.42 Å². The largest absolute Gasteiger partial charge is 0.497 e. The van der Waals surface area contributed by atoms with Crippen LogP contribution in [0.4, 0.5) is 5.69 Å². The van der Waals surface area contributed by atoms with E-state index in [1.807, 2.05) is 0 Å². The van der Waals surface area contributed by atoms with E-state index in [1.54, 1.807) is 68.8 Å². The van der Waals surface area contributed by atoms with E-state index in [-0.39, 0.29) is 23.1 Å². The number of para-hydroxylation sites is 2. The molecule has 0 saturated carbocycles. The molecule has 3 aromatic carbocycles. The van der Waals surface area contributed by atoms with Crippen LogP contribution in [0, 0.1) is 0 Å². The van der Waals surface area contributed by atoms with Gasteiger partial charge in [0.15, 0.2) is 5.75 Å². The zero-order valence-corrected chi connectivity index (χ0v) is 18.8. The number of anilines is 1. The Kier molecular flexibility index (Phi) is 6.11. The minimum absolute atomic E-state index is 0.0454. The van der Waals surface area contributed by atoms with Crippen molar-refractivity contribution in [3.63, 3.8) is 0 Å². The van der Waals surface area contributed by atoms with Gasteiger partial charge in [0.05, 0.1) is 25.8 Å². The normalized spacial score (nSPS) is 15.3. The first kappa shape index (κ1) is 21.8. The fraction of sp³-hybridized carbons (Fsp3) is 0.136. The summed E-state index contributed by atoms with van der Waals surface area (Å²) in [5, 5.41) is 3.42. The van der Waals surface area contributed by atoms with E-state index in [4.69, 9.17) is 25.8 Å². The summed E-state index contributed by atoms with van der Waals surface area (Å²) in [6, 6.07) is 17.0. The monoisotopic (exact) mass is 473 g/mol. The Labute approximate surface area is 190 Å². The molecule has 3 aromatic rings. The van der Waals surface area contributed by atoms with Crippen LogP contribution >= 0.6 is 11.6 Å². The van der Waals surface area contributed by atoms with E-state index in [2.05, 4.69) is 15.0 Å². The van der Waals surface area contributed by atoms with Crippen LogP contribution in [0.25, 0.3) is 0 Å². The van der Waals surface area contributed by atoms with Crippen LogP contribution in [-0.4, -0.2) is 28.6 Å². The number of fused-ring (bicyclic) bond motifs is 1. The van der Waals surface area contributed by atoms with E-state index < -0.39 is 10.0 Å². The summed E-state index contributed by atoms with van der Waals surface area (Å²) < 4.78 is 44.5. The molecule has 4 rings (SSSR count). The Morgan fingerprint density at radius 2 is 1.62 bits per heavy atom. The van der Waals surface area contributed by atoms with Crippen molar-refractivity contribution in [2.45, 2.75) is 11.4 Å². The number of nitrogens with one attached hydrogen (secondary N) is 2. The van der Waals surface area contributed by atoms with Crippen molar-refractivity contribution >= 4 is 33.3 Å². The fourth-order valence-corrected chi connectivity index (χ4v) is 4.45. The number of rotatable bonds is 6. The average molecular weight is 474 g/mol. The number of sulfonamides is 1. The van der Waals surface area contributed by atoms with Gasteiger partial charge in [-0.2, -0.15) is 0 Å². The summed E-state index contributed by atoms with van der Waals surface area (Å²) in [5.74, 6) is 1.99. The number of ether oxygens (including phenoxy) is 3. The van der Waals surface area contributed by atoms with Gasteiger partial charge >= 0.3 is 0 Å². The number of nitrogens with zero attached hydrogens (tertiary/aromatic N) is 1. The van der Waals surface area contributed by atoms with Gasteiger partial charge in [0, 0.05) is 6.07 Å². The molecule has 0 radical (unpaired) electrons. The lowest BCUT2D eigenvalue weighted by atomic mass is 10.2. The molecule has 2 N–H and O–H groups in total. The summed E-state index contributed by atoms with van der Waals surface area (Å²) >= 11 is 6.19. The topological polar surface area (TPSA) is 98.2 Å². The second-order valence-electron chi connectivity index (χ2n) is 6.78.